The molecular weight excluding hydrogens is 408 g/mol. The van der Waals surface area contributed by atoms with Gasteiger partial charge in [-0.3, -0.25) is 9.59 Å². The minimum atomic E-state index is -0.323. The van der Waals surface area contributed by atoms with Crippen molar-refractivity contribution in [2.75, 3.05) is 26.7 Å². The van der Waals surface area contributed by atoms with Gasteiger partial charge in [0.25, 0.3) is 5.91 Å². The first-order chi connectivity index (χ1) is 15.6. The van der Waals surface area contributed by atoms with E-state index in [-0.39, 0.29) is 24.3 Å². The largest absolute Gasteiger partial charge is 0.496 e. The van der Waals surface area contributed by atoms with Gasteiger partial charge in [0.15, 0.2) is 0 Å². The minimum Gasteiger partial charge on any atom is -0.496 e. The van der Waals surface area contributed by atoms with Crippen molar-refractivity contribution in [2.24, 2.45) is 0 Å². The van der Waals surface area contributed by atoms with E-state index in [1.54, 1.807) is 24.2 Å². The summed E-state index contributed by atoms with van der Waals surface area (Å²) in [5, 5.41) is 6.77. The van der Waals surface area contributed by atoms with Crippen molar-refractivity contribution in [1.82, 2.24) is 20.4 Å². The SMILES string of the molecule is C=C/C(=C\C=C/C)C(=O)NCC(=O)N1CCC(c2nc(-c3ccccc3OC)no2)CC1. The molecule has 1 aromatic carbocycles. The summed E-state index contributed by atoms with van der Waals surface area (Å²) in [6.45, 7) is 6.57. The molecule has 0 bridgehead atoms. The van der Waals surface area contributed by atoms with E-state index in [4.69, 9.17) is 9.26 Å². The summed E-state index contributed by atoms with van der Waals surface area (Å²) in [7, 11) is 1.60. The zero-order valence-corrected chi connectivity index (χ0v) is 18.4. The van der Waals surface area contributed by atoms with E-state index in [0.717, 1.165) is 5.56 Å². The van der Waals surface area contributed by atoms with Crippen LogP contribution >= 0.6 is 0 Å². The highest BCUT2D eigenvalue weighted by Crippen LogP contribution is 2.31. The van der Waals surface area contributed by atoms with E-state index < -0.39 is 0 Å². The normalized spacial score (nSPS) is 15.1. The molecule has 8 nitrogen and oxygen atoms in total. The number of aromatic nitrogens is 2. The third-order valence-electron chi connectivity index (χ3n) is 5.34. The summed E-state index contributed by atoms with van der Waals surface area (Å²) in [5.74, 6) is 1.38. The number of benzene rings is 1. The Hall–Kier alpha value is -3.68. The average Bonchev–Trinajstić information content (AvgIpc) is 3.33. The standard InChI is InChI=1S/C24H28N4O4/c1-4-6-9-17(5-2)23(30)25-16-21(29)28-14-12-18(13-15-28)24-26-22(27-32-24)19-10-7-8-11-20(19)31-3/h4-11,18H,2,12-16H2,1,3H3,(H,25,30)/b6-4-,17-9+. The second-order valence-electron chi connectivity index (χ2n) is 7.35. The summed E-state index contributed by atoms with van der Waals surface area (Å²) in [5.41, 5.74) is 1.19. The quantitative estimate of drug-likeness (QED) is 0.504. The number of piperidine rings is 1. The Bertz CT molecular complexity index is 1020. The number of nitrogens with zero attached hydrogens (tertiary/aromatic N) is 3. The van der Waals surface area contributed by atoms with Crippen molar-refractivity contribution in [2.45, 2.75) is 25.7 Å². The van der Waals surface area contributed by atoms with Gasteiger partial charge in [-0.2, -0.15) is 4.98 Å². The molecule has 8 heteroatoms. The Balaban J connectivity index is 1.53. The number of para-hydroxylation sites is 1. The second-order valence-corrected chi connectivity index (χ2v) is 7.35. The Labute approximate surface area is 187 Å². The predicted molar refractivity (Wildman–Crippen MR) is 121 cm³/mol. The number of nitrogens with one attached hydrogen (secondary N) is 1. The van der Waals surface area contributed by atoms with Crippen molar-refractivity contribution < 1.29 is 18.8 Å². The fourth-order valence-electron chi connectivity index (χ4n) is 3.52. The first kappa shape index (κ1) is 23.0. The van der Waals surface area contributed by atoms with E-state index in [0.29, 0.717) is 49.0 Å². The van der Waals surface area contributed by atoms with Crippen LogP contribution in [0.2, 0.25) is 0 Å². The maximum absolute atomic E-state index is 12.5. The number of allylic oxidation sites excluding steroid dienone is 3. The van der Waals surface area contributed by atoms with Crippen LogP contribution in [0.25, 0.3) is 11.4 Å². The molecule has 0 spiro atoms. The molecule has 1 N–H and O–H groups in total. The molecule has 0 atom stereocenters. The highest BCUT2D eigenvalue weighted by molar-refractivity contribution is 5.98. The average molecular weight is 437 g/mol. The maximum Gasteiger partial charge on any atom is 0.251 e. The first-order valence-corrected chi connectivity index (χ1v) is 10.6. The van der Waals surface area contributed by atoms with Gasteiger partial charge in [-0.1, -0.05) is 42.1 Å². The molecule has 1 aliphatic rings. The molecule has 1 aromatic heterocycles. The molecular formula is C24H28N4O4. The number of hydrogen-bond donors (Lipinski definition) is 1. The molecule has 2 amide bonds. The van der Waals surface area contributed by atoms with Crippen LogP contribution in [-0.2, 0) is 9.59 Å². The zero-order valence-electron chi connectivity index (χ0n) is 18.4. The number of rotatable bonds is 8. The molecule has 0 saturated carbocycles. The number of methoxy groups -OCH3 is 1. The van der Waals surface area contributed by atoms with Gasteiger partial charge in [-0.15, -0.1) is 0 Å². The van der Waals surface area contributed by atoms with Gasteiger partial charge in [0.2, 0.25) is 17.6 Å². The number of hydrogen-bond acceptors (Lipinski definition) is 6. The van der Waals surface area contributed by atoms with Crippen LogP contribution in [0.4, 0.5) is 0 Å². The minimum absolute atomic E-state index is 0.0526. The lowest BCUT2D eigenvalue weighted by atomic mass is 9.96. The van der Waals surface area contributed by atoms with Gasteiger partial charge < -0.3 is 19.5 Å². The third-order valence-corrected chi connectivity index (χ3v) is 5.34. The van der Waals surface area contributed by atoms with Crippen LogP contribution in [-0.4, -0.2) is 53.6 Å². The van der Waals surface area contributed by atoms with Crippen molar-refractivity contribution in [3.63, 3.8) is 0 Å². The van der Waals surface area contributed by atoms with Crippen molar-refractivity contribution >= 4 is 11.8 Å². The van der Waals surface area contributed by atoms with Gasteiger partial charge >= 0.3 is 0 Å². The Morgan fingerprint density at radius 2 is 2.06 bits per heavy atom. The van der Waals surface area contributed by atoms with Gasteiger partial charge in [0, 0.05) is 24.6 Å². The summed E-state index contributed by atoms with van der Waals surface area (Å²) < 4.78 is 10.9. The molecule has 2 aromatic rings. The lowest BCUT2D eigenvalue weighted by molar-refractivity contribution is -0.133. The molecule has 2 heterocycles. The molecule has 1 fully saturated rings. The van der Waals surface area contributed by atoms with Crippen LogP contribution in [0.3, 0.4) is 0 Å². The van der Waals surface area contributed by atoms with Crippen LogP contribution in [0.1, 0.15) is 31.6 Å². The molecule has 0 aliphatic carbocycles. The summed E-state index contributed by atoms with van der Waals surface area (Å²) in [6.07, 6.45) is 8.12. The van der Waals surface area contributed by atoms with Crippen molar-refractivity contribution in [3.8, 4) is 17.1 Å². The van der Waals surface area contributed by atoms with Gasteiger partial charge in [0.05, 0.1) is 19.2 Å². The molecule has 1 aliphatic heterocycles. The monoisotopic (exact) mass is 436 g/mol. The predicted octanol–water partition coefficient (Wildman–Crippen LogP) is 3.26. The van der Waals surface area contributed by atoms with Gasteiger partial charge in [-0.05, 0) is 38.0 Å². The van der Waals surface area contributed by atoms with E-state index in [1.165, 1.54) is 6.08 Å². The zero-order chi connectivity index (χ0) is 22.9. The lowest BCUT2D eigenvalue weighted by Gasteiger charge is -2.30. The smallest absolute Gasteiger partial charge is 0.251 e. The number of ether oxygens (including phenoxy) is 1. The first-order valence-electron chi connectivity index (χ1n) is 10.6. The van der Waals surface area contributed by atoms with E-state index >= 15 is 0 Å². The topological polar surface area (TPSA) is 97.6 Å². The Kier molecular flexibility index (Phi) is 7.96. The van der Waals surface area contributed by atoms with Gasteiger partial charge in [-0.25, -0.2) is 0 Å². The molecule has 32 heavy (non-hydrogen) atoms. The van der Waals surface area contributed by atoms with Crippen molar-refractivity contribution in [3.05, 3.63) is 66.6 Å². The Morgan fingerprint density at radius 1 is 1.31 bits per heavy atom. The summed E-state index contributed by atoms with van der Waals surface area (Å²) >= 11 is 0. The fraction of sp³-hybridized carbons (Fsp3) is 0.333. The van der Waals surface area contributed by atoms with E-state index in [2.05, 4.69) is 22.0 Å². The number of amides is 2. The fourth-order valence-corrected chi connectivity index (χ4v) is 3.52. The second kappa shape index (κ2) is 11.1. The maximum atomic E-state index is 12.5. The number of likely N-dealkylation sites (tertiary alicyclic amines) is 1. The van der Waals surface area contributed by atoms with Crippen LogP contribution in [0, 0.1) is 0 Å². The lowest BCUT2D eigenvalue weighted by Crippen LogP contribution is -2.44. The highest BCUT2D eigenvalue weighted by Gasteiger charge is 2.28. The van der Waals surface area contributed by atoms with Crippen LogP contribution in [0.15, 0.2) is 65.2 Å². The number of carbonyl (C=O) groups excluding carboxylic acids is 2. The van der Waals surface area contributed by atoms with E-state index in [9.17, 15) is 9.59 Å². The molecule has 168 valence electrons. The highest BCUT2D eigenvalue weighted by atomic mass is 16.5. The molecule has 0 unspecified atom stereocenters. The molecule has 1 saturated heterocycles. The Morgan fingerprint density at radius 3 is 2.75 bits per heavy atom. The molecule has 0 radical (unpaired) electrons. The summed E-state index contributed by atoms with van der Waals surface area (Å²) in [4.78, 5) is 31.0. The van der Waals surface area contributed by atoms with Crippen molar-refractivity contribution in [1.29, 1.82) is 0 Å². The van der Waals surface area contributed by atoms with Crippen LogP contribution < -0.4 is 10.1 Å². The third kappa shape index (κ3) is 5.51. The number of carbonyl (C=O) groups is 2. The van der Waals surface area contributed by atoms with Gasteiger partial charge in [0.1, 0.15) is 5.75 Å². The van der Waals surface area contributed by atoms with E-state index in [1.807, 2.05) is 37.3 Å². The van der Waals surface area contributed by atoms with Crippen LogP contribution in [0.5, 0.6) is 5.75 Å². The molecule has 3 rings (SSSR count). The summed E-state index contributed by atoms with van der Waals surface area (Å²) in [6, 6.07) is 7.51.